The lowest BCUT2D eigenvalue weighted by Gasteiger charge is -2.23. The highest BCUT2D eigenvalue weighted by Crippen LogP contribution is 2.14. The molecule has 0 rings (SSSR count). The van der Waals surface area contributed by atoms with Crippen LogP contribution in [-0.2, 0) is 4.79 Å². The molecule has 0 bridgehead atoms. The number of aliphatic hydroxyl groups is 3. The zero-order valence-corrected chi connectivity index (χ0v) is 29.5. The van der Waals surface area contributed by atoms with Crippen LogP contribution in [0.2, 0.25) is 0 Å². The molecule has 0 radical (unpaired) electrons. The van der Waals surface area contributed by atoms with Crippen molar-refractivity contribution in [2.75, 3.05) is 6.61 Å². The van der Waals surface area contributed by atoms with E-state index in [4.69, 9.17) is 10.8 Å². The first-order valence-electron chi connectivity index (χ1n) is 18.4. The second-order valence-electron chi connectivity index (χ2n) is 11.9. The predicted molar refractivity (Wildman–Crippen MR) is 190 cm³/mol. The molecule has 258 valence electrons. The van der Waals surface area contributed by atoms with Crippen LogP contribution in [0.1, 0.15) is 189 Å². The number of carbonyl (C=O) groups excluding carboxylic acids is 1. The normalized spacial score (nSPS) is 13.3. The molecular formula is C38H77NO4. The number of nitrogens with two attached hydrogens (primary N) is 1. The Hall–Kier alpha value is -1.01. The zero-order valence-electron chi connectivity index (χ0n) is 29.5. The van der Waals surface area contributed by atoms with Crippen LogP contribution in [0.15, 0.2) is 24.3 Å². The summed E-state index contributed by atoms with van der Waals surface area (Å²) < 4.78 is 0. The van der Waals surface area contributed by atoms with Gasteiger partial charge in [0.25, 0.3) is 0 Å². The van der Waals surface area contributed by atoms with Crippen LogP contribution in [0.5, 0.6) is 0 Å². The average Bonchev–Trinajstić information content (AvgIpc) is 3.00. The SMILES string of the molecule is CC.CC/C=C\C=C\CCCCCCCCCCC(C)=O.CCCCCCCCCCCCCC(O)C(O)C(N)CCO. The third-order valence-electron chi connectivity index (χ3n) is 7.67. The standard InChI is InChI=1S/C18H39NO3.C18H32O.C2H6/c1-2-3-4-5-6-7-8-9-10-11-12-13-17(21)18(22)16(19)14-15-20;1-3-4-5-6-7-8-9-10-11-12-13-14-15-16-17-18(2)19;1-2/h16-18,20-22H,2-15,19H2,1H3;4-7H,3,8-17H2,1-2H3;1-2H3/b;5-4-,7-6+;. The summed E-state index contributed by atoms with van der Waals surface area (Å²) >= 11 is 0. The molecule has 0 aromatic carbocycles. The van der Waals surface area contributed by atoms with Crippen molar-refractivity contribution in [2.24, 2.45) is 5.73 Å². The van der Waals surface area contributed by atoms with Gasteiger partial charge in [0, 0.05) is 19.1 Å². The first-order valence-corrected chi connectivity index (χ1v) is 18.4. The maximum Gasteiger partial charge on any atom is 0.129 e. The topological polar surface area (TPSA) is 104 Å². The number of hydrogen-bond donors (Lipinski definition) is 4. The molecule has 0 aromatic heterocycles. The molecule has 43 heavy (non-hydrogen) atoms. The van der Waals surface area contributed by atoms with Crippen LogP contribution in [0, 0.1) is 0 Å². The molecule has 5 nitrogen and oxygen atoms in total. The summed E-state index contributed by atoms with van der Waals surface area (Å²) in [6, 6.07) is -0.535. The number of Topliss-reactive ketones (excluding diaryl/α,β-unsaturated/α-hetero) is 1. The molecule has 0 aliphatic heterocycles. The molecule has 0 saturated heterocycles. The molecule has 0 aliphatic carbocycles. The maximum absolute atomic E-state index is 10.8. The smallest absolute Gasteiger partial charge is 0.129 e. The lowest BCUT2D eigenvalue weighted by molar-refractivity contribution is -0.117. The highest BCUT2D eigenvalue weighted by atomic mass is 16.3. The van der Waals surface area contributed by atoms with Gasteiger partial charge in [-0.05, 0) is 45.4 Å². The summed E-state index contributed by atoms with van der Waals surface area (Å²) in [5, 5.41) is 28.4. The monoisotopic (exact) mass is 612 g/mol. The van der Waals surface area contributed by atoms with Gasteiger partial charge in [-0.25, -0.2) is 0 Å². The molecule has 5 heteroatoms. The van der Waals surface area contributed by atoms with Gasteiger partial charge in [0.2, 0.25) is 0 Å². The maximum atomic E-state index is 10.8. The van der Waals surface area contributed by atoms with Gasteiger partial charge in [-0.2, -0.15) is 0 Å². The largest absolute Gasteiger partial charge is 0.396 e. The molecule has 0 spiro atoms. The van der Waals surface area contributed by atoms with E-state index in [9.17, 15) is 15.0 Å². The van der Waals surface area contributed by atoms with Crippen LogP contribution >= 0.6 is 0 Å². The summed E-state index contributed by atoms with van der Waals surface area (Å²) in [5.41, 5.74) is 5.69. The average molecular weight is 612 g/mol. The minimum atomic E-state index is -0.921. The number of carbonyl (C=O) groups is 1. The number of unbranched alkanes of at least 4 members (excludes halogenated alkanes) is 18. The van der Waals surface area contributed by atoms with E-state index in [1.165, 1.54) is 109 Å². The van der Waals surface area contributed by atoms with E-state index in [-0.39, 0.29) is 6.61 Å². The third-order valence-corrected chi connectivity index (χ3v) is 7.67. The first kappa shape index (κ1) is 46.4. The van der Waals surface area contributed by atoms with Crippen LogP contribution in [0.3, 0.4) is 0 Å². The van der Waals surface area contributed by atoms with Crippen LogP contribution in [0.4, 0.5) is 0 Å². The molecule has 0 saturated carbocycles. The van der Waals surface area contributed by atoms with Gasteiger partial charge in [-0.1, -0.05) is 161 Å². The van der Waals surface area contributed by atoms with Crippen molar-refractivity contribution in [2.45, 2.75) is 207 Å². The van der Waals surface area contributed by atoms with Crippen molar-refractivity contribution in [3.8, 4) is 0 Å². The fourth-order valence-corrected chi connectivity index (χ4v) is 4.88. The van der Waals surface area contributed by atoms with Gasteiger partial charge in [-0.15, -0.1) is 0 Å². The Bertz CT molecular complexity index is 578. The van der Waals surface area contributed by atoms with Crippen molar-refractivity contribution < 1.29 is 20.1 Å². The van der Waals surface area contributed by atoms with E-state index in [0.717, 1.165) is 32.1 Å². The van der Waals surface area contributed by atoms with Gasteiger partial charge in [0.15, 0.2) is 0 Å². The quantitative estimate of drug-likeness (QED) is 0.0498. The van der Waals surface area contributed by atoms with E-state index < -0.39 is 18.2 Å². The molecule has 3 unspecified atom stereocenters. The lowest BCUT2D eigenvalue weighted by Crippen LogP contribution is -2.43. The number of hydrogen-bond acceptors (Lipinski definition) is 5. The highest BCUT2D eigenvalue weighted by Gasteiger charge is 2.22. The second kappa shape index (κ2) is 41.0. The van der Waals surface area contributed by atoms with Crippen molar-refractivity contribution >= 4 is 5.78 Å². The molecule has 5 N–H and O–H groups in total. The third kappa shape index (κ3) is 41.0. The number of aliphatic hydroxyl groups excluding tert-OH is 3. The molecule has 0 aliphatic rings. The van der Waals surface area contributed by atoms with Gasteiger partial charge < -0.3 is 25.8 Å². The minimum absolute atomic E-state index is 0.0522. The summed E-state index contributed by atoms with van der Waals surface area (Å²) in [4.78, 5) is 10.8. The van der Waals surface area contributed by atoms with Gasteiger partial charge in [-0.3, -0.25) is 0 Å². The second-order valence-corrected chi connectivity index (χ2v) is 11.9. The van der Waals surface area contributed by atoms with Gasteiger partial charge in [0.05, 0.1) is 12.2 Å². The zero-order chi connectivity index (χ0) is 32.8. The Labute approximate surface area is 269 Å². The Morgan fingerprint density at radius 3 is 1.56 bits per heavy atom. The number of allylic oxidation sites excluding steroid dienone is 4. The molecular weight excluding hydrogens is 534 g/mol. The van der Waals surface area contributed by atoms with Crippen molar-refractivity contribution in [3.05, 3.63) is 24.3 Å². The minimum Gasteiger partial charge on any atom is -0.396 e. The molecule has 0 fully saturated rings. The Kier molecular flexibility index (Phi) is 44.2. The summed E-state index contributed by atoms with van der Waals surface area (Å²) in [5.74, 6) is 0.335. The summed E-state index contributed by atoms with van der Waals surface area (Å²) in [7, 11) is 0. The lowest BCUT2D eigenvalue weighted by atomic mass is 9.98. The molecule has 0 aromatic rings. The van der Waals surface area contributed by atoms with Crippen molar-refractivity contribution in [3.63, 3.8) is 0 Å². The molecule has 0 heterocycles. The van der Waals surface area contributed by atoms with E-state index in [1.54, 1.807) is 6.92 Å². The van der Waals surface area contributed by atoms with E-state index in [0.29, 0.717) is 18.6 Å². The van der Waals surface area contributed by atoms with E-state index in [2.05, 4.69) is 38.2 Å². The van der Waals surface area contributed by atoms with Gasteiger partial charge >= 0.3 is 0 Å². The van der Waals surface area contributed by atoms with Crippen LogP contribution in [0.25, 0.3) is 0 Å². The fraction of sp³-hybridized carbons (Fsp3) is 0.868. The predicted octanol–water partition coefficient (Wildman–Crippen LogP) is 10.1. The Morgan fingerprint density at radius 2 is 1.09 bits per heavy atom. The van der Waals surface area contributed by atoms with Crippen LogP contribution < -0.4 is 5.73 Å². The number of rotatable bonds is 29. The fourth-order valence-electron chi connectivity index (χ4n) is 4.88. The number of ketones is 1. The summed E-state index contributed by atoms with van der Waals surface area (Å²) in [6.07, 6.45) is 35.5. The van der Waals surface area contributed by atoms with Crippen molar-refractivity contribution in [1.29, 1.82) is 0 Å². The van der Waals surface area contributed by atoms with Gasteiger partial charge in [0.1, 0.15) is 5.78 Å². The van der Waals surface area contributed by atoms with E-state index >= 15 is 0 Å². The summed E-state index contributed by atoms with van der Waals surface area (Å²) in [6.45, 7) is 10.0. The molecule has 3 atom stereocenters. The Balaban J connectivity index is -0.000000710. The first-order chi connectivity index (χ1) is 20.9. The van der Waals surface area contributed by atoms with Crippen LogP contribution in [-0.4, -0.2) is 46.0 Å². The van der Waals surface area contributed by atoms with E-state index in [1.807, 2.05) is 13.8 Å². The Morgan fingerprint density at radius 1 is 0.651 bits per heavy atom. The molecule has 0 amide bonds. The highest BCUT2D eigenvalue weighted by molar-refractivity contribution is 5.75. The van der Waals surface area contributed by atoms with Crippen molar-refractivity contribution in [1.82, 2.24) is 0 Å².